The highest BCUT2D eigenvalue weighted by Crippen LogP contribution is 2.37. The molecule has 0 unspecified atom stereocenters. The van der Waals surface area contributed by atoms with Crippen molar-refractivity contribution in [3.05, 3.63) is 35.5 Å². The lowest BCUT2D eigenvalue weighted by molar-refractivity contribution is -0.156. The molecular weight excluding hydrogens is 352 g/mol. The lowest BCUT2D eigenvalue weighted by Crippen LogP contribution is -2.46. The van der Waals surface area contributed by atoms with Crippen molar-refractivity contribution in [2.45, 2.75) is 64.4 Å². The second-order valence-electron chi connectivity index (χ2n) is 7.37. The van der Waals surface area contributed by atoms with E-state index in [0.29, 0.717) is 11.1 Å². The van der Waals surface area contributed by atoms with E-state index in [-0.39, 0.29) is 18.4 Å². The summed E-state index contributed by atoms with van der Waals surface area (Å²) >= 11 is 0. The molecular formula is C20H26O7. The summed E-state index contributed by atoms with van der Waals surface area (Å²) in [4.78, 5) is 36.8. The fraction of sp³-hybridized carbons (Fsp3) is 0.550. The Morgan fingerprint density at radius 2 is 2.07 bits per heavy atom. The van der Waals surface area contributed by atoms with Gasteiger partial charge in [-0.15, -0.1) is 0 Å². The fourth-order valence-electron chi connectivity index (χ4n) is 3.20. The molecule has 1 saturated heterocycles. The van der Waals surface area contributed by atoms with Gasteiger partial charge in [-0.3, -0.25) is 4.79 Å². The molecule has 0 spiro atoms. The topological polar surface area (TPSA) is 110 Å². The van der Waals surface area contributed by atoms with Gasteiger partial charge in [-0.2, -0.15) is 0 Å². The van der Waals surface area contributed by atoms with E-state index in [0.717, 1.165) is 0 Å². The third-order valence-corrected chi connectivity index (χ3v) is 5.21. The number of carbonyl (C=O) groups is 3. The van der Waals surface area contributed by atoms with Crippen LogP contribution in [0, 0.1) is 5.92 Å². The number of ether oxygens (including phenoxy) is 2. The number of aliphatic hydroxyl groups excluding tert-OH is 1. The largest absolute Gasteiger partial charge is 0.458 e. The normalized spacial score (nSPS) is 37.2. The van der Waals surface area contributed by atoms with Gasteiger partial charge in [-0.05, 0) is 39.3 Å². The number of fused-ring (bicyclic) bond motifs is 1. The van der Waals surface area contributed by atoms with Crippen molar-refractivity contribution in [3.8, 4) is 0 Å². The van der Waals surface area contributed by atoms with Crippen LogP contribution < -0.4 is 0 Å². The maximum absolute atomic E-state index is 12.5. The number of rotatable bonds is 2. The van der Waals surface area contributed by atoms with Crippen LogP contribution in [0.1, 0.15) is 40.5 Å². The van der Waals surface area contributed by atoms with E-state index < -0.39 is 47.6 Å². The predicted molar refractivity (Wildman–Crippen MR) is 96.4 cm³/mol. The van der Waals surface area contributed by atoms with Gasteiger partial charge < -0.3 is 19.7 Å². The quantitative estimate of drug-likeness (QED) is 0.424. The first-order valence-electron chi connectivity index (χ1n) is 8.83. The molecule has 5 atom stereocenters. The summed E-state index contributed by atoms with van der Waals surface area (Å²) in [7, 11) is 0. The molecule has 148 valence electrons. The number of hydrogen-bond donors (Lipinski definition) is 2. The Morgan fingerprint density at radius 3 is 2.67 bits per heavy atom. The van der Waals surface area contributed by atoms with Crippen molar-refractivity contribution in [3.63, 3.8) is 0 Å². The van der Waals surface area contributed by atoms with E-state index >= 15 is 0 Å². The summed E-state index contributed by atoms with van der Waals surface area (Å²) < 4.78 is 10.9. The van der Waals surface area contributed by atoms with Crippen LogP contribution >= 0.6 is 0 Å². The minimum Gasteiger partial charge on any atom is -0.458 e. The van der Waals surface area contributed by atoms with Crippen LogP contribution in [-0.2, 0) is 23.9 Å². The van der Waals surface area contributed by atoms with E-state index in [1.165, 1.54) is 6.92 Å². The van der Waals surface area contributed by atoms with Gasteiger partial charge in [0.2, 0.25) is 0 Å². The smallest absolute Gasteiger partial charge is 0.334 e. The Morgan fingerprint density at radius 1 is 1.44 bits per heavy atom. The number of Topliss-reactive ketones (excluding diaryl/α,β-unsaturated/α-hetero) is 1. The number of hydrogen-bond acceptors (Lipinski definition) is 7. The van der Waals surface area contributed by atoms with E-state index in [4.69, 9.17) is 9.47 Å². The average molecular weight is 378 g/mol. The molecule has 0 amide bonds. The fourth-order valence-corrected chi connectivity index (χ4v) is 3.20. The molecule has 0 aromatic rings. The third kappa shape index (κ3) is 4.36. The Hall–Kier alpha value is -2.25. The van der Waals surface area contributed by atoms with E-state index in [1.54, 1.807) is 32.9 Å². The molecule has 7 nitrogen and oxygen atoms in total. The molecule has 0 aromatic heterocycles. The molecule has 0 aromatic carbocycles. The second kappa shape index (κ2) is 7.78. The Kier molecular flexibility index (Phi) is 6.07. The standard InChI is InChI=1S/C20H26O7/c1-6-10(2)18(23)27-15-9-20(5,25)16(22)8-13(21)11(3)7-14-17(15)12(4)19(24)26-14/h6-7,13-15,17,21,25H,4,8-9H2,1-3,5H3/b10-6-,11-7+/t13-,14-,15-,17+,20-/m1/s1. The number of esters is 2. The van der Waals surface area contributed by atoms with Gasteiger partial charge in [0.1, 0.15) is 17.8 Å². The molecule has 27 heavy (non-hydrogen) atoms. The van der Waals surface area contributed by atoms with Crippen LogP contribution in [0.4, 0.5) is 0 Å². The van der Waals surface area contributed by atoms with Crippen LogP contribution in [0.15, 0.2) is 35.5 Å². The van der Waals surface area contributed by atoms with Gasteiger partial charge in [-0.1, -0.05) is 12.7 Å². The lowest BCUT2D eigenvalue weighted by atomic mass is 9.79. The number of carbonyl (C=O) groups excluding carboxylic acids is 3. The highest BCUT2D eigenvalue weighted by Gasteiger charge is 2.48. The number of ketones is 1. The van der Waals surface area contributed by atoms with E-state index in [9.17, 15) is 24.6 Å². The summed E-state index contributed by atoms with van der Waals surface area (Å²) in [6, 6.07) is 0. The molecule has 7 heteroatoms. The summed E-state index contributed by atoms with van der Waals surface area (Å²) in [6.07, 6.45) is -0.346. The van der Waals surface area contributed by atoms with E-state index in [2.05, 4.69) is 6.58 Å². The monoisotopic (exact) mass is 378 g/mol. The van der Waals surface area contributed by atoms with E-state index in [1.807, 2.05) is 0 Å². The summed E-state index contributed by atoms with van der Waals surface area (Å²) in [5.41, 5.74) is -0.983. The molecule has 1 aliphatic heterocycles. The van der Waals surface area contributed by atoms with Gasteiger partial charge in [0, 0.05) is 24.0 Å². The van der Waals surface area contributed by atoms with Gasteiger partial charge in [0.05, 0.1) is 12.0 Å². The second-order valence-corrected chi connectivity index (χ2v) is 7.37. The predicted octanol–water partition coefficient (Wildman–Crippen LogP) is 1.38. The van der Waals surface area contributed by atoms with Crippen LogP contribution in [0.2, 0.25) is 0 Å². The van der Waals surface area contributed by atoms with Gasteiger partial charge in [-0.25, -0.2) is 9.59 Å². The minimum absolute atomic E-state index is 0.0956. The molecule has 2 rings (SSSR count). The molecule has 0 bridgehead atoms. The Bertz CT molecular complexity index is 729. The first-order chi connectivity index (χ1) is 12.5. The van der Waals surface area contributed by atoms with Crippen molar-refractivity contribution < 1.29 is 34.1 Å². The molecule has 2 N–H and O–H groups in total. The lowest BCUT2D eigenvalue weighted by Gasteiger charge is -2.33. The van der Waals surface area contributed by atoms with Crippen LogP contribution in [0.3, 0.4) is 0 Å². The van der Waals surface area contributed by atoms with Crippen LogP contribution in [0.25, 0.3) is 0 Å². The van der Waals surface area contributed by atoms with Crippen molar-refractivity contribution in [1.29, 1.82) is 0 Å². The maximum Gasteiger partial charge on any atom is 0.334 e. The minimum atomic E-state index is -1.86. The zero-order chi connectivity index (χ0) is 20.5. The molecule has 0 radical (unpaired) electrons. The van der Waals surface area contributed by atoms with Gasteiger partial charge in [0.25, 0.3) is 0 Å². The molecule has 0 saturated carbocycles. The summed E-state index contributed by atoms with van der Waals surface area (Å²) in [5.74, 6) is -2.61. The Labute approximate surface area is 158 Å². The first-order valence-corrected chi connectivity index (χ1v) is 8.83. The van der Waals surface area contributed by atoms with Crippen molar-refractivity contribution in [2.75, 3.05) is 0 Å². The molecule has 1 aliphatic carbocycles. The molecule has 1 heterocycles. The van der Waals surface area contributed by atoms with Crippen molar-refractivity contribution in [2.24, 2.45) is 5.92 Å². The van der Waals surface area contributed by atoms with Gasteiger partial charge >= 0.3 is 11.9 Å². The van der Waals surface area contributed by atoms with Crippen molar-refractivity contribution >= 4 is 17.7 Å². The summed E-state index contributed by atoms with van der Waals surface area (Å²) in [6.45, 7) is 9.91. The van der Waals surface area contributed by atoms with Crippen LogP contribution in [-0.4, -0.2) is 51.8 Å². The Balaban J connectivity index is 2.52. The van der Waals surface area contributed by atoms with Crippen molar-refractivity contribution in [1.82, 2.24) is 0 Å². The average Bonchev–Trinajstić information content (AvgIpc) is 2.86. The first kappa shape index (κ1) is 21.1. The third-order valence-electron chi connectivity index (χ3n) is 5.21. The number of aliphatic hydroxyl groups is 2. The van der Waals surface area contributed by atoms with Crippen LogP contribution in [0.5, 0.6) is 0 Å². The summed E-state index contributed by atoms with van der Waals surface area (Å²) in [5, 5.41) is 20.9. The zero-order valence-electron chi connectivity index (χ0n) is 16.0. The molecule has 2 aliphatic rings. The van der Waals surface area contributed by atoms with Gasteiger partial charge in [0.15, 0.2) is 5.78 Å². The maximum atomic E-state index is 12.5. The SMILES string of the molecule is C=C1C(=O)O[C@@H]2/C=C(\C)[C@H](O)CC(=O)[C@](C)(O)C[C@@H](OC(=O)/C(C)=C\C)[C@@H]12. The highest BCUT2D eigenvalue weighted by molar-refractivity contribution is 5.92. The number of allylic oxidation sites excluding steroid dienone is 1. The molecule has 1 fully saturated rings. The highest BCUT2D eigenvalue weighted by atomic mass is 16.6. The zero-order valence-corrected chi connectivity index (χ0v) is 16.0.